The highest BCUT2D eigenvalue weighted by molar-refractivity contribution is 5.92. The number of aromatic nitrogens is 1. The number of aromatic carboxylic acids is 1. The van der Waals surface area contributed by atoms with E-state index in [9.17, 15) is 9.90 Å². The van der Waals surface area contributed by atoms with Gasteiger partial charge in [-0.2, -0.15) is 0 Å². The first-order valence-electron chi connectivity index (χ1n) is 6.27. The number of anilines is 1. The van der Waals surface area contributed by atoms with Crippen LogP contribution in [0.15, 0.2) is 18.3 Å². The molecule has 0 bridgehead atoms. The van der Waals surface area contributed by atoms with Gasteiger partial charge in [0.25, 0.3) is 0 Å². The zero-order valence-corrected chi connectivity index (χ0v) is 10.8. The lowest BCUT2D eigenvalue weighted by Gasteiger charge is -2.40. The van der Waals surface area contributed by atoms with Crippen LogP contribution in [0, 0.1) is 0 Å². The van der Waals surface area contributed by atoms with Gasteiger partial charge in [-0.05, 0) is 25.6 Å². The minimum absolute atomic E-state index is 0.150. The van der Waals surface area contributed by atoms with Gasteiger partial charge in [-0.15, -0.1) is 0 Å². The highest BCUT2D eigenvalue weighted by atomic mass is 16.4. The molecule has 1 aromatic heterocycles. The van der Waals surface area contributed by atoms with E-state index >= 15 is 0 Å². The van der Waals surface area contributed by atoms with Gasteiger partial charge >= 0.3 is 5.97 Å². The number of carboxylic acids is 1. The van der Waals surface area contributed by atoms with Gasteiger partial charge in [-0.1, -0.05) is 6.92 Å². The normalized spacial score (nSPS) is 21.0. The fourth-order valence-corrected chi connectivity index (χ4v) is 2.42. The van der Waals surface area contributed by atoms with Crippen molar-refractivity contribution in [2.45, 2.75) is 19.4 Å². The van der Waals surface area contributed by atoms with Crippen molar-refractivity contribution in [3.63, 3.8) is 0 Å². The van der Waals surface area contributed by atoms with Crippen molar-refractivity contribution >= 4 is 11.7 Å². The molecule has 0 radical (unpaired) electrons. The zero-order valence-electron chi connectivity index (χ0n) is 10.8. The van der Waals surface area contributed by atoms with Crippen LogP contribution in [0.25, 0.3) is 0 Å². The summed E-state index contributed by atoms with van der Waals surface area (Å²) < 4.78 is 0. The molecular formula is C13H19N3O2. The van der Waals surface area contributed by atoms with Crippen LogP contribution >= 0.6 is 0 Å². The number of nitrogens with zero attached hydrogens (tertiary/aromatic N) is 3. The molecule has 1 fully saturated rings. The number of carboxylic acid groups (broad SMARTS) is 1. The molecule has 5 heteroatoms. The Morgan fingerprint density at radius 1 is 1.56 bits per heavy atom. The summed E-state index contributed by atoms with van der Waals surface area (Å²) >= 11 is 0. The van der Waals surface area contributed by atoms with Crippen molar-refractivity contribution in [2.75, 3.05) is 31.6 Å². The smallest absolute Gasteiger partial charge is 0.356 e. The van der Waals surface area contributed by atoms with Crippen molar-refractivity contribution in [2.24, 2.45) is 0 Å². The van der Waals surface area contributed by atoms with Crippen LogP contribution in [-0.4, -0.2) is 53.7 Å². The number of pyridine rings is 1. The summed E-state index contributed by atoms with van der Waals surface area (Å²) in [5.41, 5.74) is 0.883. The number of hydrogen-bond acceptors (Lipinski definition) is 4. The van der Waals surface area contributed by atoms with Gasteiger partial charge in [0.05, 0.1) is 5.69 Å². The van der Waals surface area contributed by atoms with E-state index in [-0.39, 0.29) is 5.69 Å². The lowest BCUT2D eigenvalue weighted by atomic mass is 10.1. The molecule has 98 valence electrons. The van der Waals surface area contributed by atoms with E-state index in [4.69, 9.17) is 0 Å². The van der Waals surface area contributed by atoms with Gasteiger partial charge in [-0.25, -0.2) is 9.78 Å². The predicted octanol–water partition coefficient (Wildman–Crippen LogP) is 1.31. The molecule has 0 saturated carbocycles. The molecule has 1 aromatic rings. The third-order valence-corrected chi connectivity index (χ3v) is 3.58. The van der Waals surface area contributed by atoms with Crippen LogP contribution in [0.4, 0.5) is 5.69 Å². The molecule has 1 saturated heterocycles. The first kappa shape index (κ1) is 12.8. The quantitative estimate of drug-likeness (QED) is 0.875. The largest absolute Gasteiger partial charge is 0.476 e. The summed E-state index contributed by atoms with van der Waals surface area (Å²) in [6.07, 6.45) is 2.59. The molecule has 2 rings (SSSR count). The maximum absolute atomic E-state index is 11.2. The number of hydrogen-bond donors (Lipinski definition) is 1. The monoisotopic (exact) mass is 249 g/mol. The molecular weight excluding hydrogens is 230 g/mol. The molecule has 1 unspecified atom stereocenters. The van der Waals surface area contributed by atoms with Gasteiger partial charge in [0.15, 0.2) is 5.69 Å². The van der Waals surface area contributed by atoms with Crippen molar-refractivity contribution in [3.8, 4) is 0 Å². The second kappa shape index (κ2) is 5.35. The van der Waals surface area contributed by atoms with Gasteiger partial charge < -0.3 is 10.0 Å². The molecule has 1 aliphatic rings. The number of likely N-dealkylation sites (N-methyl/N-ethyl adjacent to an activating group) is 1. The second-order valence-corrected chi connectivity index (χ2v) is 4.66. The molecule has 1 atom stereocenters. The fraction of sp³-hybridized carbons (Fsp3) is 0.538. The molecule has 2 heterocycles. The third-order valence-electron chi connectivity index (χ3n) is 3.58. The van der Waals surface area contributed by atoms with Crippen molar-refractivity contribution in [1.82, 2.24) is 9.88 Å². The Kier molecular flexibility index (Phi) is 3.81. The topological polar surface area (TPSA) is 56.7 Å². The Hall–Kier alpha value is -1.62. The number of piperazine rings is 1. The SMILES string of the molecule is CCC1CN(c2cccnc2C(=O)O)CCN1C. The maximum Gasteiger partial charge on any atom is 0.356 e. The van der Waals surface area contributed by atoms with E-state index in [1.54, 1.807) is 6.07 Å². The Labute approximate surface area is 107 Å². The summed E-state index contributed by atoms with van der Waals surface area (Å²) in [6, 6.07) is 4.11. The summed E-state index contributed by atoms with van der Waals surface area (Å²) in [7, 11) is 2.12. The highest BCUT2D eigenvalue weighted by Crippen LogP contribution is 2.22. The average molecular weight is 249 g/mol. The standard InChI is InChI=1S/C13H19N3O2/c1-3-10-9-16(8-7-15(10)2)11-5-4-6-14-12(11)13(17)18/h4-6,10H,3,7-9H2,1-2H3,(H,17,18). The summed E-state index contributed by atoms with van der Waals surface area (Å²) in [5.74, 6) is -0.961. The molecule has 0 aliphatic carbocycles. The maximum atomic E-state index is 11.2. The lowest BCUT2D eigenvalue weighted by molar-refractivity contribution is 0.0691. The van der Waals surface area contributed by atoms with E-state index in [0.717, 1.165) is 31.7 Å². The lowest BCUT2D eigenvalue weighted by Crippen LogP contribution is -2.51. The van der Waals surface area contributed by atoms with Gasteiger partial charge in [0.1, 0.15) is 0 Å². The molecule has 0 aromatic carbocycles. The van der Waals surface area contributed by atoms with Crippen molar-refractivity contribution in [1.29, 1.82) is 0 Å². The first-order valence-corrected chi connectivity index (χ1v) is 6.27. The van der Waals surface area contributed by atoms with Crippen LogP contribution in [-0.2, 0) is 0 Å². The fourth-order valence-electron chi connectivity index (χ4n) is 2.42. The molecule has 1 aliphatic heterocycles. The first-order chi connectivity index (χ1) is 8.63. The zero-order chi connectivity index (χ0) is 13.1. The van der Waals surface area contributed by atoms with E-state index in [1.807, 2.05) is 6.07 Å². The Balaban J connectivity index is 2.24. The van der Waals surface area contributed by atoms with Gasteiger partial charge in [-0.3, -0.25) is 4.90 Å². The summed E-state index contributed by atoms with van der Waals surface area (Å²) in [6.45, 7) is 4.82. The molecule has 18 heavy (non-hydrogen) atoms. The number of rotatable bonds is 3. The molecule has 0 spiro atoms. The van der Waals surface area contributed by atoms with E-state index < -0.39 is 5.97 Å². The van der Waals surface area contributed by atoms with E-state index in [2.05, 4.69) is 28.8 Å². The summed E-state index contributed by atoms with van der Waals surface area (Å²) in [4.78, 5) is 19.6. The Morgan fingerprint density at radius 3 is 3.00 bits per heavy atom. The van der Waals surface area contributed by atoms with Crippen LogP contribution in [0.5, 0.6) is 0 Å². The van der Waals surface area contributed by atoms with Crippen molar-refractivity contribution < 1.29 is 9.90 Å². The van der Waals surface area contributed by atoms with Gasteiger partial charge in [0.2, 0.25) is 0 Å². The Bertz CT molecular complexity index is 436. The van der Waals surface area contributed by atoms with Crippen LogP contribution in [0.1, 0.15) is 23.8 Å². The summed E-state index contributed by atoms with van der Waals surface area (Å²) in [5, 5.41) is 9.17. The minimum atomic E-state index is -0.961. The molecule has 1 N–H and O–H groups in total. The minimum Gasteiger partial charge on any atom is -0.476 e. The van der Waals surface area contributed by atoms with E-state index in [1.165, 1.54) is 6.20 Å². The number of carbonyl (C=O) groups is 1. The predicted molar refractivity (Wildman–Crippen MR) is 70.1 cm³/mol. The Morgan fingerprint density at radius 2 is 2.33 bits per heavy atom. The van der Waals surface area contributed by atoms with Crippen LogP contribution in [0.3, 0.4) is 0 Å². The van der Waals surface area contributed by atoms with Gasteiger partial charge in [0, 0.05) is 31.9 Å². The molecule has 0 amide bonds. The second-order valence-electron chi connectivity index (χ2n) is 4.66. The van der Waals surface area contributed by atoms with Crippen LogP contribution < -0.4 is 4.90 Å². The molecule has 5 nitrogen and oxygen atoms in total. The van der Waals surface area contributed by atoms with Crippen LogP contribution in [0.2, 0.25) is 0 Å². The highest BCUT2D eigenvalue weighted by Gasteiger charge is 2.25. The van der Waals surface area contributed by atoms with Crippen molar-refractivity contribution in [3.05, 3.63) is 24.0 Å². The third kappa shape index (κ3) is 2.46. The average Bonchev–Trinajstić information content (AvgIpc) is 2.39. The van der Waals surface area contributed by atoms with E-state index in [0.29, 0.717) is 6.04 Å².